The first-order valence-electron chi connectivity index (χ1n) is 7.05. The molecule has 3 heterocycles. The molecule has 4 aromatic rings. The summed E-state index contributed by atoms with van der Waals surface area (Å²) in [4.78, 5) is 16.9. The molecule has 0 fully saturated rings. The van der Waals surface area contributed by atoms with Gasteiger partial charge < -0.3 is 9.97 Å². The molecule has 3 aromatic heterocycles. The second kappa shape index (κ2) is 4.43. The summed E-state index contributed by atoms with van der Waals surface area (Å²) in [5.74, 6) is 2.41. The highest BCUT2D eigenvalue weighted by atomic mass is 32.1. The number of hydrogen-bond donors (Lipinski definition) is 2. The van der Waals surface area contributed by atoms with E-state index in [1.54, 1.807) is 11.3 Å². The number of aromatic nitrogens is 4. The number of thiophene rings is 1. The van der Waals surface area contributed by atoms with E-state index < -0.39 is 0 Å². The average molecular weight is 296 g/mol. The van der Waals surface area contributed by atoms with Crippen molar-refractivity contribution in [3.8, 4) is 10.6 Å². The molecule has 2 N–H and O–H groups in total. The van der Waals surface area contributed by atoms with Crippen LogP contribution in [-0.4, -0.2) is 19.9 Å². The molecule has 0 spiro atoms. The number of nitrogens with zero attached hydrogens (tertiary/aromatic N) is 2. The van der Waals surface area contributed by atoms with Gasteiger partial charge in [0.25, 0.3) is 0 Å². The smallest absolute Gasteiger partial charge is 0.109 e. The van der Waals surface area contributed by atoms with Crippen LogP contribution in [0.5, 0.6) is 0 Å². The van der Waals surface area contributed by atoms with Crippen molar-refractivity contribution in [1.82, 2.24) is 19.9 Å². The topological polar surface area (TPSA) is 57.4 Å². The molecule has 0 aliphatic heterocycles. The number of fused-ring (bicyclic) bond motifs is 2. The van der Waals surface area contributed by atoms with Gasteiger partial charge in [-0.15, -0.1) is 11.3 Å². The molecule has 0 amide bonds. The lowest BCUT2D eigenvalue weighted by Gasteiger charge is -1.95. The Hall–Kier alpha value is -2.14. The van der Waals surface area contributed by atoms with Crippen LogP contribution < -0.4 is 0 Å². The number of H-pyrrole nitrogens is 2. The summed E-state index contributed by atoms with van der Waals surface area (Å²) < 4.78 is 1.26. The normalized spacial score (nSPS) is 12.0. The standard InChI is InChI=1S/C16H16N4S/c1-8(2)16-19-11-4-10-5-15(13-7-17-9(3)18-13)21-14(10)6-12(11)20-16/h4-8H,1-3H3,(H,17,18)(H,19,20). The van der Waals surface area contributed by atoms with Crippen molar-refractivity contribution in [2.24, 2.45) is 0 Å². The first kappa shape index (κ1) is 12.6. The van der Waals surface area contributed by atoms with Crippen LogP contribution in [0.3, 0.4) is 0 Å². The third kappa shape index (κ3) is 2.05. The number of aryl methyl sites for hydroxylation is 1. The van der Waals surface area contributed by atoms with Gasteiger partial charge in [-0.05, 0) is 30.5 Å². The second-order valence-corrected chi connectivity index (χ2v) is 6.76. The molecular weight excluding hydrogens is 280 g/mol. The van der Waals surface area contributed by atoms with E-state index in [4.69, 9.17) is 0 Å². The maximum Gasteiger partial charge on any atom is 0.109 e. The van der Waals surface area contributed by atoms with E-state index >= 15 is 0 Å². The van der Waals surface area contributed by atoms with Crippen LogP contribution in [0.15, 0.2) is 24.4 Å². The first-order valence-corrected chi connectivity index (χ1v) is 7.87. The number of nitrogens with one attached hydrogen (secondary N) is 2. The van der Waals surface area contributed by atoms with Crippen molar-refractivity contribution in [3.05, 3.63) is 36.0 Å². The van der Waals surface area contributed by atoms with Crippen molar-refractivity contribution >= 4 is 32.5 Å². The van der Waals surface area contributed by atoms with Gasteiger partial charge in [0.1, 0.15) is 11.6 Å². The van der Waals surface area contributed by atoms with Gasteiger partial charge in [0, 0.05) is 10.6 Å². The molecule has 0 atom stereocenters. The molecule has 4 rings (SSSR count). The van der Waals surface area contributed by atoms with Gasteiger partial charge in [0.05, 0.1) is 27.8 Å². The van der Waals surface area contributed by atoms with Crippen molar-refractivity contribution in [2.45, 2.75) is 26.7 Å². The molecule has 0 aliphatic carbocycles. The molecule has 21 heavy (non-hydrogen) atoms. The molecule has 0 aliphatic rings. The van der Waals surface area contributed by atoms with E-state index in [1.165, 1.54) is 15.0 Å². The van der Waals surface area contributed by atoms with Crippen molar-refractivity contribution < 1.29 is 0 Å². The number of aromatic amines is 2. The molecule has 0 unspecified atom stereocenters. The Kier molecular flexibility index (Phi) is 2.65. The molecule has 1 aromatic carbocycles. The fourth-order valence-corrected chi connectivity index (χ4v) is 3.56. The zero-order chi connectivity index (χ0) is 14.6. The monoisotopic (exact) mass is 296 g/mol. The van der Waals surface area contributed by atoms with Crippen LogP contribution in [0.1, 0.15) is 31.4 Å². The molecular formula is C16H16N4S. The van der Waals surface area contributed by atoms with E-state index in [1.807, 2.05) is 13.1 Å². The highest BCUT2D eigenvalue weighted by Gasteiger charge is 2.11. The minimum absolute atomic E-state index is 0.416. The van der Waals surface area contributed by atoms with Gasteiger partial charge >= 0.3 is 0 Å². The Balaban J connectivity index is 1.88. The van der Waals surface area contributed by atoms with Crippen LogP contribution in [0, 0.1) is 6.92 Å². The predicted octanol–water partition coefficient (Wildman–Crippen LogP) is 4.60. The van der Waals surface area contributed by atoms with E-state index in [0.717, 1.165) is 28.4 Å². The molecule has 0 bridgehead atoms. The van der Waals surface area contributed by atoms with Crippen molar-refractivity contribution in [3.63, 3.8) is 0 Å². The molecule has 4 nitrogen and oxygen atoms in total. The minimum atomic E-state index is 0.416. The van der Waals surface area contributed by atoms with Gasteiger partial charge in [-0.2, -0.15) is 0 Å². The van der Waals surface area contributed by atoms with Gasteiger partial charge in [-0.1, -0.05) is 13.8 Å². The van der Waals surface area contributed by atoms with Crippen molar-refractivity contribution in [2.75, 3.05) is 0 Å². The summed E-state index contributed by atoms with van der Waals surface area (Å²) >= 11 is 1.77. The SMILES string of the molecule is Cc1ncc(-c2cc3cc4[nH]c(C(C)C)nc4cc3s2)[nH]1. The summed E-state index contributed by atoms with van der Waals surface area (Å²) in [5, 5.41) is 1.24. The summed E-state index contributed by atoms with van der Waals surface area (Å²) in [6.07, 6.45) is 1.89. The Morgan fingerprint density at radius 2 is 2.00 bits per heavy atom. The fourth-order valence-electron chi connectivity index (χ4n) is 2.52. The Labute approximate surface area is 126 Å². The fraction of sp³-hybridized carbons (Fsp3) is 0.250. The molecule has 0 saturated carbocycles. The first-order chi connectivity index (χ1) is 10.1. The molecule has 0 radical (unpaired) electrons. The minimum Gasteiger partial charge on any atom is -0.342 e. The van der Waals surface area contributed by atoms with Crippen LogP contribution in [-0.2, 0) is 0 Å². The highest BCUT2D eigenvalue weighted by molar-refractivity contribution is 7.22. The van der Waals surface area contributed by atoms with Crippen molar-refractivity contribution in [1.29, 1.82) is 0 Å². The van der Waals surface area contributed by atoms with E-state index in [0.29, 0.717) is 5.92 Å². The number of hydrogen-bond acceptors (Lipinski definition) is 3. The van der Waals surface area contributed by atoms with Crippen LogP contribution in [0.25, 0.3) is 31.7 Å². The lowest BCUT2D eigenvalue weighted by molar-refractivity contribution is 0.799. The quantitative estimate of drug-likeness (QED) is 0.568. The Bertz CT molecular complexity index is 891. The molecule has 5 heteroatoms. The van der Waals surface area contributed by atoms with Gasteiger partial charge in [0.15, 0.2) is 0 Å². The lowest BCUT2D eigenvalue weighted by atomic mass is 10.2. The summed E-state index contributed by atoms with van der Waals surface area (Å²) in [7, 11) is 0. The Morgan fingerprint density at radius 1 is 1.14 bits per heavy atom. The number of imidazole rings is 2. The van der Waals surface area contributed by atoms with E-state index in [9.17, 15) is 0 Å². The van der Waals surface area contributed by atoms with E-state index in [2.05, 4.69) is 52.0 Å². The summed E-state index contributed by atoms with van der Waals surface area (Å²) in [6.45, 7) is 6.27. The maximum absolute atomic E-state index is 4.68. The van der Waals surface area contributed by atoms with Gasteiger partial charge in [0.2, 0.25) is 0 Å². The second-order valence-electron chi connectivity index (χ2n) is 5.68. The zero-order valence-electron chi connectivity index (χ0n) is 12.2. The molecule has 106 valence electrons. The molecule has 0 saturated heterocycles. The van der Waals surface area contributed by atoms with Gasteiger partial charge in [-0.3, -0.25) is 0 Å². The third-order valence-electron chi connectivity index (χ3n) is 3.65. The average Bonchev–Trinajstić information content (AvgIpc) is 3.11. The third-order valence-corrected chi connectivity index (χ3v) is 4.78. The lowest BCUT2D eigenvalue weighted by Crippen LogP contribution is -1.88. The summed E-state index contributed by atoms with van der Waals surface area (Å²) in [5.41, 5.74) is 3.23. The van der Waals surface area contributed by atoms with Crippen LogP contribution >= 0.6 is 11.3 Å². The highest BCUT2D eigenvalue weighted by Crippen LogP contribution is 2.34. The largest absolute Gasteiger partial charge is 0.342 e. The van der Waals surface area contributed by atoms with Gasteiger partial charge in [-0.25, -0.2) is 9.97 Å². The number of rotatable bonds is 2. The van der Waals surface area contributed by atoms with Crippen LogP contribution in [0.4, 0.5) is 0 Å². The summed E-state index contributed by atoms with van der Waals surface area (Å²) in [6, 6.07) is 6.57. The van der Waals surface area contributed by atoms with Crippen LogP contribution in [0.2, 0.25) is 0 Å². The maximum atomic E-state index is 4.68. The van der Waals surface area contributed by atoms with E-state index in [-0.39, 0.29) is 0 Å². The zero-order valence-corrected chi connectivity index (χ0v) is 13.0. The predicted molar refractivity (Wildman–Crippen MR) is 87.9 cm³/mol. The Morgan fingerprint density at radius 3 is 2.71 bits per heavy atom. The number of benzene rings is 1.